The number of benzene rings is 1. The zero-order valence-electron chi connectivity index (χ0n) is 7.58. The van der Waals surface area contributed by atoms with E-state index in [-0.39, 0.29) is 11.8 Å². The molecular weight excluding hydrogens is 183 g/mol. The Kier molecular flexibility index (Phi) is 1.92. The highest BCUT2D eigenvalue weighted by Gasteiger charge is 2.07. The molecule has 0 saturated heterocycles. The zero-order valence-corrected chi connectivity index (χ0v) is 7.58. The van der Waals surface area contributed by atoms with Gasteiger partial charge in [0.2, 0.25) is 5.95 Å². The number of rotatable bonds is 1. The lowest BCUT2D eigenvalue weighted by molar-refractivity contribution is 0.628. The van der Waals surface area contributed by atoms with Gasteiger partial charge in [0.05, 0.1) is 0 Å². The molecule has 0 aliphatic heterocycles. The smallest absolute Gasteiger partial charge is 0.239 e. The van der Waals surface area contributed by atoms with E-state index < -0.39 is 0 Å². The molecule has 0 atom stereocenters. The topological polar surface area (TPSA) is 67.6 Å². The van der Waals surface area contributed by atoms with Gasteiger partial charge in [-0.15, -0.1) is 5.10 Å². The summed E-state index contributed by atoms with van der Waals surface area (Å²) in [5.41, 5.74) is 6.95. The molecule has 4 nitrogen and oxygen atoms in total. The Morgan fingerprint density at radius 3 is 2.86 bits per heavy atom. The number of aromatic amines is 1. The molecule has 0 aliphatic rings. The Bertz CT molecular complexity index is 464. The minimum absolute atomic E-state index is 0.156. The molecule has 1 heterocycles. The van der Waals surface area contributed by atoms with E-state index in [1.54, 1.807) is 6.07 Å². The Morgan fingerprint density at radius 2 is 2.21 bits per heavy atom. The number of aryl methyl sites for hydroxylation is 1. The summed E-state index contributed by atoms with van der Waals surface area (Å²) in [4.78, 5) is 3.93. The first kappa shape index (κ1) is 8.68. The number of nitrogens with one attached hydrogen (secondary N) is 1. The Labute approximate surface area is 80.0 Å². The molecule has 1 aromatic heterocycles. The van der Waals surface area contributed by atoms with E-state index in [1.807, 2.05) is 6.92 Å². The summed E-state index contributed by atoms with van der Waals surface area (Å²) < 4.78 is 12.9. The van der Waals surface area contributed by atoms with E-state index in [9.17, 15) is 4.39 Å². The van der Waals surface area contributed by atoms with Gasteiger partial charge in [0.15, 0.2) is 5.82 Å². The van der Waals surface area contributed by atoms with Crippen molar-refractivity contribution in [1.82, 2.24) is 15.2 Å². The van der Waals surface area contributed by atoms with Crippen LogP contribution >= 0.6 is 0 Å². The lowest BCUT2D eigenvalue weighted by atomic mass is 10.1. The number of nitrogen functional groups attached to an aromatic ring is 1. The van der Waals surface area contributed by atoms with Gasteiger partial charge in [-0.25, -0.2) is 4.39 Å². The number of nitrogens with two attached hydrogens (primary N) is 1. The van der Waals surface area contributed by atoms with Crippen LogP contribution in [0.3, 0.4) is 0 Å². The van der Waals surface area contributed by atoms with Gasteiger partial charge in [-0.2, -0.15) is 4.98 Å². The number of hydrogen-bond acceptors (Lipinski definition) is 3. The van der Waals surface area contributed by atoms with Crippen molar-refractivity contribution < 1.29 is 4.39 Å². The fourth-order valence-corrected chi connectivity index (χ4v) is 1.24. The molecule has 0 fully saturated rings. The van der Waals surface area contributed by atoms with Gasteiger partial charge in [0.1, 0.15) is 5.82 Å². The lowest BCUT2D eigenvalue weighted by Crippen LogP contribution is -1.88. The highest BCUT2D eigenvalue weighted by molar-refractivity contribution is 5.60. The van der Waals surface area contributed by atoms with Crippen LogP contribution in [0.25, 0.3) is 11.4 Å². The van der Waals surface area contributed by atoms with E-state index in [0.717, 1.165) is 5.56 Å². The minimum atomic E-state index is -0.305. The van der Waals surface area contributed by atoms with Gasteiger partial charge in [-0.1, -0.05) is 6.07 Å². The molecule has 0 spiro atoms. The molecule has 72 valence electrons. The van der Waals surface area contributed by atoms with Crippen molar-refractivity contribution in [3.8, 4) is 11.4 Å². The molecule has 14 heavy (non-hydrogen) atoms. The maximum Gasteiger partial charge on any atom is 0.239 e. The molecule has 0 bridgehead atoms. The van der Waals surface area contributed by atoms with Crippen molar-refractivity contribution in [3.63, 3.8) is 0 Å². The first-order valence-corrected chi connectivity index (χ1v) is 4.11. The largest absolute Gasteiger partial charge is 0.366 e. The zero-order chi connectivity index (χ0) is 10.1. The third-order valence-electron chi connectivity index (χ3n) is 1.96. The maximum absolute atomic E-state index is 12.9. The van der Waals surface area contributed by atoms with Crippen molar-refractivity contribution >= 4 is 5.95 Å². The SMILES string of the molecule is Cc1ccc(F)cc1-c1nc(N)n[nH]1. The van der Waals surface area contributed by atoms with Crippen LogP contribution in [0.1, 0.15) is 5.56 Å². The highest BCUT2D eigenvalue weighted by Crippen LogP contribution is 2.20. The molecule has 2 rings (SSSR count). The third-order valence-corrected chi connectivity index (χ3v) is 1.96. The molecule has 1 aromatic carbocycles. The molecule has 0 aliphatic carbocycles. The Morgan fingerprint density at radius 1 is 1.43 bits per heavy atom. The third kappa shape index (κ3) is 1.44. The van der Waals surface area contributed by atoms with Crippen LogP contribution < -0.4 is 5.73 Å². The van der Waals surface area contributed by atoms with E-state index in [2.05, 4.69) is 15.2 Å². The molecule has 0 unspecified atom stereocenters. The summed E-state index contributed by atoms with van der Waals surface area (Å²) in [5, 5.41) is 6.32. The molecular formula is C9H9FN4. The maximum atomic E-state index is 12.9. The quantitative estimate of drug-likeness (QED) is 0.719. The summed E-state index contributed by atoms with van der Waals surface area (Å²) >= 11 is 0. The van der Waals surface area contributed by atoms with Crippen molar-refractivity contribution in [2.75, 3.05) is 5.73 Å². The number of anilines is 1. The second-order valence-corrected chi connectivity index (χ2v) is 3.00. The Hall–Kier alpha value is -1.91. The molecule has 3 N–H and O–H groups in total. The van der Waals surface area contributed by atoms with Crippen LogP contribution in [-0.2, 0) is 0 Å². The summed E-state index contributed by atoms with van der Waals surface area (Å²) in [6, 6.07) is 4.48. The van der Waals surface area contributed by atoms with Crippen LogP contribution in [0.15, 0.2) is 18.2 Å². The standard InChI is InChI=1S/C9H9FN4/c1-5-2-3-6(10)4-7(5)8-12-9(11)14-13-8/h2-4H,1H3,(H3,11,12,13,14). The fraction of sp³-hybridized carbons (Fsp3) is 0.111. The predicted octanol–water partition coefficient (Wildman–Crippen LogP) is 1.50. The second kappa shape index (κ2) is 3.10. The van der Waals surface area contributed by atoms with Crippen LogP contribution in [0.2, 0.25) is 0 Å². The van der Waals surface area contributed by atoms with Gasteiger partial charge in [0.25, 0.3) is 0 Å². The highest BCUT2D eigenvalue weighted by atomic mass is 19.1. The first-order valence-electron chi connectivity index (χ1n) is 4.11. The number of nitrogens with zero attached hydrogens (tertiary/aromatic N) is 2. The monoisotopic (exact) mass is 192 g/mol. The van der Waals surface area contributed by atoms with Crippen molar-refractivity contribution in [2.45, 2.75) is 6.92 Å². The summed E-state index contributed by atoms with van der Waals surface area (Å²) in [6.07, 6.45) is 0. The van der Waals surface area contributed by atoms with Gasteiger partial charge in [-0.05, 0) is 24.6 Å². The number of H-pyrrole nitrogens is 1. The van der Waals surface area contributed by atoms with Gasteiger partial charge in [0, 0.05) is 5.56 Å². The van der Waals surface area contributed by atoms with Crippen molar-refractivity contribution in [2.24, 2.45) is 0 Å². The van der Waals surface area contributed by atoms with Gasteiger partial charge in [-0.3, -0.25) is 5.10 Å². The normalized spacial score (nSPS) is 10.4. The molecule has 0 radical (unpaired) electrons. The number of halogens is 1. The van der Waals surface area contributed by atoms with E-state index in [1.165, 1.54) is 12.1 Å². The number of aromatic nitrogens is 3. The van der Waals surface area contributed by atoms with Crippen molar-refractivity contribution in [1.29, 1.82) is 0 Å². The van der Waals surface area contributed by atoms with Crippen molar-refractivity contribution in [3.05, 3.63) is 29.6 Å². The first-order chi connectivity index (χ1) is 6.66. The van der Waals surface area contributed by atoms with Gasteiger partial charge < -0.3 is 5.73 Å². The van der Waals surface area contributed by atoms with E-state index >= 15 is 0 Å². The van der Waals surface area contributed by atoms with Crippen LogP contribution in [-0.4, -0.2) is 15.2 Å². The average molecular weight is 192 g/mol. The average Bonchev–Trinajstić information content (AvgIpc) is 2.56. The number of hydrogen-bond donors (Lipinski definition) is 2. The predicted molar refractivity (Wildman–Crippen MR) is 50.9 cm³/mol. The van der Waals surface area contributed by atoms with Gasteiger partial charge >= 0.3 is 0 Å². The van der Waals surface area contributed by atoms with Crippen LogP contribution in [0.5, 0.6) is 0 Å². The van der Waals surface area contributed by atoms with E-state index in [0.29, 0.717) is 11.4 Å². The summed E-state index contributed by atoms with van der Waals surface area (Å²) in [5.74, 6) is 0.337. The lowest BCUT2D eigenvalue weighted by Gasteiger charge is -2.00. The molecule has 2 aromatic rings. The minimum Gasteiger partial charge on any atom is -0.366 e. The van der Waals surface area contributed by atoms with Crippen LogP contribution in [0, 0.1) is 12.7 Å². The van der Waals surface area contributed by atoms with E-state index in [4.69, 9.17) is 5.73 Å². The molecule has 0 amide bonds. The van der Waals surface area contributed by atoms with Crippen LogP contribution in [0.4, 0.5) is 10.3 Å². The molecule has 0 saturated carbocycles. The summed E-state index contributed by atoms with van der Waals surface area (Å²) in [6.45, 7) is 1.87. The second-order valence-electron chi connectivity index (χ2n) is 3.00. The Balaban J connectivity index is 2.55. The fourth-order valence-electron chi connectivity index (χ4n) is 1.24. The summed E-state index contributed by atoms with van der Waals surface area (Å²) in [7, 11) is 0. The molecule has 5 heteroatoms.